The van der Waals surface area contributed by atoms with Gasteiger partial charge in [0, 0.05) is 25.9 Å². The third-order valence-electron chi connectivity index (χ3n) is 7.13. The Morgan fingerprint density at radius 1 is 0.914 bits per heavy atom. The van der Waals surface area contributed by atoms with Crippen LogP contribution in [-0.2, 0) is 4.79 Å². The van der Waals surface area contributed by atoms with Gasteiger partial charge >= 0.3 is 0 Å². The SMILES string of the molecule is CC.CC(=O)CC1CCCCC1.CCC1CCC(C)CC1.Cc1nc(N(C)C)c2ccccc2n1. The van der Waals surface area contributed by atoms with E-state index in [1.54, 1.807) is 6.92 Å². The van der Waals surface area contributed by atoms with E-state index in [0.29, 0.717) is 5.78 Å². The van der Waals surface area contributed by atoms with Crippen LogP contribution in [0.5, 0.6) is 0 Å². The van der Waals surface area contributed by atoms with Gasteiger partial charge in [-0.1, -0.05) is 104 Å². The minimum absolute atomic E-state index is 0.368. The van der Waals surface area contributed by atoms with Gasteiger partial charge in [0.1, 0.15) is 17.4 Å². The molecular weight excluding hydrogens is 430 g/mol. The zero-order chi connectivity index (χ0) is 26.2. The summed E-state index contributed by atoms with van der Waals surface area (Å²) in [6, 6.07) is 8.06. The molecule has 0 N–H and O–H groups in total. The fourth-order valence-corrected chi connectivity index (χ4v) is 5.05. The van der Waals surface area contributed by atoms with Crippen LogP contribution in [0.15, 0.2) is 24.3 Å². The molecule has 1 heterocycles. The van der Waals surface area contributed by atoms with Crippen LogP contribution in [0.25, 0.3) is 10.9 Å². The van der Waals surface area contributed by atoms with Gasteiger partial charge < -0.3 is 9.69 Å². The van der Waals surface area contributed by atoms with E-state index in [2.05, 4.69) is 23.8 Å². The predicted octanol–water partition coefficient (Wildman–Crippen LogP) is 8.80. The number of Topliss-reactive ketones (excluding diaryl/α,β-unsaturated/α-hetero) is 1. The largest absolute Gasteiger partial charge is 0.362 e. The number of hydrogen-bond donors (Lipinski definition) is 0. The lowest BCUT2D eigenvalue weighted by Crippen LogP contribution is -2.12. The molecule has 0 unspecified atom stereocenters. The molecule has 4 rings (SSSR count). The first-order valence-corrected chi connectivity index (χ1v) is 14.2. The summed E-state index contributed by atoms with van der Waals surface area (Å²) in [4.78, 5) is 21.5. The number of benzene rings is 1. The monoisotopic (exact) mass is 483 g/mol. The highest BCUT2D eigenvalue weighted by Gasteiger charge is 2.16. The lowest BCUT2D eigenvalue weighted by atomic mass is 9.82. The van der Waals surface area contributed by atoms with Crippen LogP contribution in [0.1, 0.15) is 111 Å². The maximum Gasteiger partial charge on any atom is 0.139 e. The maximum atomic E-state index is 10.7. The summed E-state index contributed by atoms with van der Waals surface area (Å²) in [6.07, 6.45) is 14.9. The van der Waals surface area contributed by atoms with Gasteiger partial charge in [-0.05, 0) is 43.7 Å². The normalized spacial score (nSPS) is 19.8. The van der Waals surface area contributed by atoms with Gasteiger partial charge in [-0.15, -0.1) is 0 Å². The Balaban J connectivity index is 0.000000261. The topological polar surface area (TPSA) is 46.1 Å². The smallest absolute Gasteiger partial charge is 0.139 e. The minimum Gasteiger partial charge on any atom is -0.362 e. The highest BCUT2D eigenvalue weighted by Crippen LogP contribution is 2.29. The number of hydrogen-bond acceptors (Lipinski definition) is 4. The number of carbonyl (C=O) groups excluding carboxylic acids is 1. The Hall–Kier alpha value is -1.97. The van der Waals surface area contributed by atoms with Crippen molar-refractivity contribution in [3.63, 3.8) is 0 Å². The van der Waals surface area contributed by atoms with Crippen LogP contribution in [0, 0.1) is 24.7 Å². The molecule has 2 aliphatic rings. The quantitative estimate of drug-likeness (QED) is 0.436. The van der Waals surface area contributed by atoms with E-state index in [4.69, 9.17) is 0 Å². The zero-order valence-corrected chi connectivity index (χ0v) is 24.1. The van der Waals surface area contributed by atoms with Gasteiger partial charge in [-0.25, -0.2) is 9.97 Å². The molecule has 35 heavy (non-hydrogen) atoms. The number of aryl methyl sites for hydroxylation is 1. The van der Waals surface area contributed by atoms with Crippen LogP contribution in [0.3, 0.4) is 0 Å². The third kappa shape index (κ3) is 12.0. The first-order valence-electron chi connectivity index (χ1n) is 14.2. The summed E-state index contributed by atoms with van der Waals surface area (Å²) in [6.45, 7) is 12.3. The number of aromatic nitrogens is 2. The number of para-hydroxylation sites is 1. The maximum absolute atomic E-state index is 10.7. The van der Waals surface area contributed by atoms with Crippen LogP contribution >= 0.6 is 0 Å². The first-order chi connectivity index (χ1) is 16.8. The second-order valence-electron chi connectivity index (χ2n) is 10.5. The van der Waals surface area contributed by atoms with Gasteiger partial charge in [0.2, 0.25) is 0 Å². The Bertz CT molecular complexity index is 834. The molecular formula is C31H53N3O. The Morgan fingerprint density at radius 3 is 2.06 bits per heavy atom. The van der Waals surface area contributed by atoms with Crippen molar-refractivity contribution in [1.82, 2.24) is 9.97 Å². The molecule has 2 aromatic rings. The molecule has 0 radical (unpaired) electrons. The van der Waals surface area contributed by atoms with E-state index in [-0.39, 0.29) is 0 Å². The molecule has 0 saturated heterocycles. The van der Waals surface area contributed by atoms with Crippen molar-refractivity contribution in [2.75, 3.05) is 19.0 Å². The number of rotatable bonds is 4. The van der Waals surface area contributed by atoms with Crippen LogP contribution in [0.4, 0.5) is 5.82 Å². The highest BCUT2D eigenvalue weighted by atomic mass is 16.1. The van der Waals surface area contributed by atoms with Gasteiger partial charge in [0.25, 0.3) is 0 Å². The average Bonchev–Trinajstić information content (AvgIpc) is 2.86. The molecule has 0 amide bonds. The number of anilines is 1. The van der Waals surface area contributed by atoms with E-state index in [1.165, 1.54) is 64.2 Å². The lowest BCUT2D eigenvalue weighted by molar-refractivity contribution is -0.118. The Kier molecular flexibility index (Phi) is 15.5. The van der Waals surface area contributed by atoms with E-state index in [1.807, 2.05) is 64.0 Å². The van der Waals surface area contributed by atoms with Crippen molar-refractivity contribution >= 4 is 22.5 Å². The molecule has 0 atom stereocenters. The van der Waals surface area contributed by atoms with Crippen molar-refractivity contribution in [2.45, 2.75) is 112 Å². The number of fused-ring (bicyclic) bond motifs is 1. The summed E-state index contributed by atoms with van der Waals surface area (Å²) in [7, 11) is 3.99. The van der Waals surface area contributed by atoms with E-state index >= 15 is 0 Å². The van der Waals surface area contributed by atoms with Crippen molar-refractivity contribution < 1.29 is 4.79 Å². The standard InChI is InChI=1S/C11H13N3.C9H16O.C9H18.C2H6/c1-8-12-10-7-5-4-6-9(10)11(13-8)14(2)3;1-8(10)7-9-5-3-2-4-6-9;1-3-9-6-4-8(2)5-7-9;1-2/h4-7H,1-3H3;9H,2-7H2,1H3;8-9H,3-7H2,1-2H3;1-2H3. The summed E-state index contributed by atoms with van der Waals surface area (Å²) in [5.41, 5.74) is 1.00. The van der Waals surface area contributed by atoms with Crippen molar-refractivity contribution in [3.8, 4) is 0 Å². The molecule has 1 aromatic carbocycles. The fourth-order valence-electron chi connectivity index (χ4n) is 5.05. The van der Waals surface area contributed by atoms with Gasteiger partial charge in [-0.3, -0.25) is 0 Å². The zero-order valence-electron chi connectivity index (χ0n) is 24.1. The molecule has 4 nitrogen and oxygen atoms in total. The molecule has 2 saturated carbocycles. The van der Waals surface area contributed by atoms with Crippen LogP contribution in [0.2, 0.25) is 0 Å². The number of ketones is 1. The van der Waals surface area contributed by atoms with E-state index < -0.39 is 0 Å². The molecule has 0 aliphatic heterocycles. The van der Waals surface area contributed by atoms with Crippen molar-refractivity contribution in [2.24, 2.45) is 17.8 Å². The molecule has 2 aliphatic carbocycles. The molecule has 0 spiro atoms. The second kappa shape index (κ2) is 17.5. The van der Waals surface area contributed by atoms with Crippen molar-refractivity contribution in [1.29, 1.82) is 0 Å². The van der Waals surface area contributed by atoms with Gasteiger partial charge in [-0.2, -0.15) is 0 Å². The number of nitrogens with zero attached hydrogens (tertiary/aromatic N) is 3. The van der Waals surface area contributed by atoms with Crippen molar-refractivity contribution in [3.05, 3.63) is 30.1 Å². The van der Waals surface area contributed by atoms with Gasteiger partial charge in [0.15, 0.2) is 0 Å². The highest BCUT2D eigenvalue weighted by molar-refractivity contribution is 5.89. The van der Waals surface area contributed by atoms with Crippen LogP contribution < -0.4 is 4.90 Å². The molecule has 2 fully saturated rings. The Labute approximate surface area is 216 Å². The lowest BCUT2D eigenvalue weighted by Gasteiger charge is -2.24. The molecule has 4 heteroatoms. The summed E-state index contributed by atoms with van der Waals surface area (Å²) >= 11 is 0. The van der Waals surface area contributed by atoms with E-state index in [9.17, 15) is 4.79 Å². The number of carbonyl (C=O) groups is 1. The summed E-state index contributed by atoms with van der Waals surface area (Å²) in [5, 5.41) is 1.10. The Morgan fingerprint density at radius 2 is 1.51 bits per heavy atom. The molecule has 198 valence electrons. The molecule has 1 aromatic heterocycles. The average molecular weight is 484 g/mol. The predicted molar refractivity (Wildman–Crippen MR) is 153 cm³/mol. The second-order valence-corrected chi connectivity index (χ2v) is 10.5. The minimum atomic E-state index is 0.368. The summed E-state index contributed by atoms with van der Waals surface area (Å²) < 4.78 is 0. The van der Waals surface area contributed by atoms with Gasteiger partial charge in [0.05, 0.1) is 5.52 Å². The van der Waals surface area contributed by atoms with E-state index in [0.717, 1.165) is 46.7 Å². The third-order valence-corrected chi connectivity index (χ3v) is 7.13. The first kappa shape index (κ1) is 31.1. The summed E-state index contributed by atoms with van der Waals surface area (Å²) in [5.74, 6) is 4.98. The van der Waals surface area contributed by atoms with Crippen LogP contribution in [-0.4, -0.2) is 29.8 Å². The molecule has 0 bridgehead atoms. The fraction of sp³-hybridized carbons (Fsp3) is 0.710.